The van der Waals surface area contributed by atoms with Crippen molar-refractivity contribution < 1.29 is 31.6 Å². The second-order valence-electron chi connectivity index (χ2n) is 13.4. The van der Waals surface area contributed by atoms with Gasteiger partial charge in [0.1, 0.15) is 0 Å². The summed E-state index contributed by atoms with van der Waals surface area (Å²) in [5.41, 5.74) is 3.46. The van der Waals surface area contributed by atoms with Gasteiger partial charge in [-0.2, -0.15) is 18.9 Å². The number of nitrogens with zero attached hydrogens (tertiary/aromatic N) is 6. The highest BCUT2D eigenvalue weighted by Crippen LogP contribution is 2.54. The van der Waals surface area contributed by atoms with Gasteiger partial charge in [-0.15, -0.1) is 0 Å². The number of benzene rings is 1. The number of aryl methyl sites for hydroxylation is 1. The number of nitrogens with one attached hydrogen (secondary N) is 1. The van der Waals surface area contributed by atoms with Gasteiger partial charge in [-0.05, 0) is 50.1 Å². The lowest BCUT2D eigenvalue weighted by atomic mass is 9.60. The topological polar surface area (TPSA) is 101 Å². The van der Waals surface area contributed by atoms with Crippen LogP contribution in [0.15, 0.2) is 47.2 Å². The predicted octanol–water partition coefficient (Wildman–Crippen LogP) is 5.84. The molecule has 0 radical (unpaired) electrons. The van der Waals surface area contributed by atoms with Crippen molar-refractivity contribution in [3.63, 3.8) is 0 Å². The number of likely N-dealkylation sites (tertiary alicyclic amines) is 1. The minimum absolute atomic E-state index is 0.0305. The SMILES string of the molecule is Cc1ccc(-c2noc([C@H]3C[C@@H](OC(F)F)C3(C)C)n2)cc1NC(=O)c1cnn2ccc(N3CC4(CCN(CC(F)F)C4)C3)cc12. The Morgan fingerprint density at radius 3 is 2.70 bits per heavy atom. The molecule has 3 aromatic heterocycles. The maximum atomic E-state index is 13.5. The average molecular weight is 642 g/mol. The van der Waals surface area contributed by atoms with Crippen molar-refractivity contribution in [2.45, 2.75) is 58.7 Å². The molecule has 1 saturated carbocycles. The number of hydrogen-bond donors (Lipinski definition) is 1. The van der Waals surface area contributed by atoms with Gasteiger partial charge < -0.3 is 19.5 Å². The third-order valence-electron chi connectivity index (χ3n) is 10.0. The smallest absolute Gasteiger partial charge is 0.345 e. The normalized spacial score (nSPS) is 22.2. The highest BCUT2D eigenvalue weighted by atomic mass is 19.3. The van der Waals surface area contributed by atoms with Crippen molar-refractivity contribution in [3.8, 4) is 11.4 Å². The van der Waals surface area contributed by atoms with Crippen LogP contribution in [-0.2, 0) is 4.74 Å². The standard InChI is InChI=1S/C32H35F4N7O3/c1-18-4-5-19(27-39-29(46-40-27)22-12-25(31(22,2)3)45-30(35)36)10-23(18)38-28(44)21-13-37-43-8-6-20(11-24(21)43)42-16-32(17-42)7-9-41(15-32)14-26(33)34/h4-6,8,10-11,13,22,25-26,30H,7,9,12,14-17H2,1-3H3,(H,38,44)/t22-,25-/m1/s1. The number of carbonyl (C=O) groups excluding carboxylic acids is 1. The van der Waals surface area contributed by atoms with Crippen molar-refractivity contribution in [2.75, 3.05) is 42.9 Å². The van der Waals surface area contributed by atoms with E-state index in [1.54, 1.807) is 10.6 Å². The fourth-order valence-electron chi connectivity index (χ4n) is 7.16. The molecule has 2 saturated heterocycles. The van der Waals surface area contributed by atoms with Crippen LogP contribution in [0.2, 0.25) is 0 Å². The lowest BCUT2D eigenvalue weighted by Gasteiger charge is -2.49. The highest BCUT2D eigenvalue weighted by Gasteiger charge is 2.53. The summed E-state index contributed by atoms with van der Waals surface area (Å²) in [6.45, 7) is 5.46. The lowest BCUT2D eigenvalue weighted by Crippen LogP contribution is -2.57. The molecule has 5 heterocycles. The van der Waals surface area contributed by atoms with Crippen LogP contribution < -0.4 is 10.2 Å². The lowest BCUT2D eigenvalue weighted by molar-refractivity contribution is -0.229. The zero-order valence-corrected chi connectivity index (χ0v) is 25.7. The third kappa shape index (κ3) is 5.51. The van der Waals surface area contributed by atoms with Gasteiger partial charge in [0, 0.05) is 59.5 Å². The number of ether oxygens (including phenoxy) is 1. The first-order valence-corrected chi connectivity index (χ1v) is 15.3. The van der Waals surface area contributed by atoms with Gasteiger partial charge in [-0.1, -0.05) is 31.1 Å². The summed E-state index contributed by atoms with van der Waals surface area (Å²) in [5.74, 6) is 0.129. The van der Waals surface area contributed by atoms with Gasteiger partial charge >= 0.3 is 6.61 Å². The molecule has 3 fully saturated rings. The Hall–Kier alpha value is -4.04. The van der Waals surface area contributed by atoms with Crippen LogP contribution in [0.4, 0.5) is 28.9 Å². The molecule has 1 aromatic carbocycles. The van der Waals surface area contributed by atoms with Crippen LogP contribution in [0.1, 0.15) is 54.4 Å². The van der Waals surface area contributed by atoms with Gasteiger partial charge in [0.15, 0.2) is 0 Å². The molecular weight excluding hydrogens is 606 g/mol. The van der Waals surface area contributed by atoms with Crippen LogP contribution in [0.5, 0.6) is 0 Å². The molecule has 0 unspecified atom stereocenters. The molecule has 3 aliphatic rings. The molecule has 1 amide bonds. The number of alkyl halides is 4. The van der Waals surface area contributed by atoms with Crippen molar-refractivity contribution in [1.29, 1.82) is 0 Å². The number of fused-ring (bicyclic) bond motifs is 1. The van der Waals surface area contributed by atoms with Crippen LogP contribution in [0, 0.1) is 17.8 Å². The molecule has 4 aromatic rings. The van der Waals surface area contributed by atoms with Crippen molar-refractivity contribution in [2.24, 2.45) is 10.8 Å². The Bertz CT molecular complexity index is 1770. The number of halogens is 4. The number of rotatable bonds is 9. The first-order valence-electron chi connectivity index (χ1n) is 15.3. The molecular formula is C32H35F4N7O3. The summed E-state index contributed by atoms with van der Waals surface area (Å²) < 4.78 is 63.2. The molecule has 46 heavy (non-hydrogen) atoms. The van der Waals surface area contributed by atoms with E-state index in [0.29, 0.717) is 53.6 Å². The van der Waals surface area contributed by atoms with Crippen LogP contribution >= 0.6 is 0 Å². The van der Waals surface area contributed by atoms with E-state index in [-0.39, 0.29) is 23.8 Å². The second-order valence-corrected chi connectivity index (χ2v) is 13.4. The third-order valence-corrected chi connectivity index (χ3v) is 10.0. The van der Waals surface area contributed by atoms with Crippen LogP contribution in [-0.4, -0.2) is 82.4 Å². The summed E-state index contributed by atoms with van der Waals surface area (Å²) in [6.07, 6.45) is 1.67. The summed E-state index contributed by atoms with van der Waals surface area (Å²) in [7, 11) is 0. The van der Waals surface area contributed by atoms with E-state index in [1.807, 2.05) is 56.1 Å². The molecule has 2 aliphatic heterocycles. The number of hydrogen-bond acceptors (Lipinski definition) is 8. The summed E-state index contributed by atoms with van der Waals surface area (Å²) in [6, 6.07) is 9.33. The fraction of sp³-hybridized carbons (Fsp3) is 0.500. The number of carbonyl (C=O) groups is 1. The van der Waals surface area contributed by atoms with Crippen molar-refractivity contribution >= 4 is 22.8 Å². The predicted molar refractivity (Wildman–Crippen MR) is 161 cm³/mol. The Balaban J connectivity index is 1.04. The highest BCUT2D eigenvalue weighted by molar-refractivity contribution is 6.09. The number of pyridine rings is 1. The maximum absolute atomic E-state index is 13.5. The molecule has 2 atom stereocenters. The first-order chi connectivity index (χ1) is 21.9. The van der Waals surface area contributed by atoms with Crippen molar-refractivity contribution in [1.82, 2.24) is 24.7 Å². The Labute approximate surface area is 262 Å². The second kappa shape index (κ2) is 11.3. The number of anilines is 2. The number of aromatic nitrogens is 4. The van der Waals surface area contributed by atoms with Gasteiger partial charge in [-0.3, -0.25) is 9.69 Å². The van der Waals surface area contributed by atoms with E-state index in [1.165, 1.54) is 6.20 Å². The fourth-order valence-corrected chi connectivity index (χ4v) is 7.16. The van der Waals surface area contributed by atoms with Gasteiger partial charge in [-0.25, -0.2) is 13.3 Å². The molecule has 244 valence electrons. The first kappa shape index (κ1) is 30.6. The molecule has 0 bridgehead atoms. The largest absolute Gasteiger partial charge is 0.370 e. The molecule has 14 heteroatoms. The van der Waals surface area contributed by atoms with Gasteiger partial charge in [0.2, 0.25) is 11.7 Å². The maximum Gasteiger partial charge on any atom is 0.345 e. The minimum Gasteiger partial charge on any atom is -0.370 e. The number of amides is 1. The minimum atomic E-state index is -2.84. The summed E-state index contributed by atoms with van der Waals surface area (Å²) >= 11 is 0. The van der Waals surface area contributed by atoms with E-state index >= 15 is 0 Å². The Morgan fingerprint density at radius 1 is 1.15 bits per heavy atom. The van der Waals surface area contributed by atoms with Gasteiger partial charge in [0.05, 0.1) is 29.9 Å². The van der Waals surface area contributed by atoms with E-state index < -0.39 is 24.6 Å². The zero-order valence-electron chi connectivity index (χ0n) is 25.7. The van der Waals surface area contributed by atoms with E-state index in [0.717, 1.165) is 30.8 Å². The molecule has 1 aliphatic carbocycles. The van der Waals surface area contributed by atoms with Gasteiger partial charge in [0.25, 0.3) is 12.3 Å². The molecule has 10 nitrogen and oxygen atoms in total. The van der Waals surface area contributed by atoms with Crippen molar-refractivity contribution in [3.05, 3.63) is 59.7 Å². The monoisotopic (exact) mass is 641 g/mol. The quantitative estimate of drug-likeness (QED) is 0.228. The van der Waals surface area contributed by atoms with E-state index in [9.17, 15) is 22.4 Å². The van der Waals surface area contributed by atoms with Crippen LogP contribution in [0.25, 0.3) is 16.9 Å². The summed E-state index contributed by atoms with van der Waals surface area (Å²) in [4.78, 5) is 22.1. The Kier molecular flexibility index (Phi) is 7.54. The molecule has 1 N–H and O–H groups in total. The van der Waals surface area contributed by atoms with Crippen LogP contribution in [0.3, 0.4) is 0 Å². The van der Waals surface area contributed by atoms with E-state index in [4.69, 9.17) is 9.26 Å². The Morgan fingerprint density at radius 2 is 1.96 bits per heavy atom. The average Bonchev–Trinajstić information content (AvgIpc) is 3.73. The van der Waals surface area contributed by atoms with E-state index in [2.05, 4.69) is 25.5 Å². The summed E-state index contributed by atoms with van der Waals surface area (Å²) in [5, 5.41) is 11.5. The molecule has 1 spiro atoms. The molecule has 7 rings (SSSR count). The zero-order chi connectivity index (χ0) is 32.4.